The monoisotopic (exact) mass is 151 g/mol. The molecule has 0 aromatic rings. The summed E-state index contributed by atoms with van der Waals surface area (Å²) >= 11 is 0. The fourth-order valence-electron chi connectivity index (χ4n) is 1.73. The van der Waals surface area contributed by atoms with Crippen molar-refractivity contribution in [3.05, 3.63) is 0 Å². The first-order chi connectivity index (χ1) is 5.10. The lowest BCUT2D eigenvalue weighted by Crippen LogP contribution is -2.41. The Morgan fingerprint density at radius 3 is 2.73 bits per heavy atom. The van der Waals surface area contributed by atoms with Gasteiger partial charge < -0.3 is 5.73 Å². The molecule has 1 nitrogen and oxygen atoms in total. The molecule has 62 valence electrons. The van der Waals surface area contributed by atoms with E-state index in [1.807, 2.05) is 0 Å². The van der Waals surface area contributed by atoms with Crippen molar-refractivity contribution in [3.63, 3.8) is 0 Å². The van der Waals surface area contributed by atoms with Crippen LogP contribution in [0.15, 0.2) is 0 Å². The van der Waals surface area contributed by atoms with E-state index in [0.717, 1.165) is 18.8 Å². The quantitative estimate of drug-likeness (QED) is 0.525. The van der Waals surface area contributed by atoms with Crippen molar-refractivity contribution in [2.45, 2.75) is 50.9 Å². The molecule has 2 unspecified atom stereocenters. The highest BCUT2D eigenvalue weighted by Gasteiger charge is 2.20. The zero-order valence-electron chi connectivity index (χ0n) is 7.47. The van der Waals surface area contributed by atoms with Crippen LogP contribution >= 0.6 is 0 Å². The van der Waals surface area contributed by atoms with Gasteiger partial charge in [-0.15, -0.1) is 0 Å². The normalized spacial score (nSPS) is 41.1. The summed E-state index contributed by atoms with van der Waals surface area (Å²) in [5.41, 5.74) is 5.52. The molecule has 1 aliphatic rings. The van der Waals surface area contributed by atoms with Gasteiger partial charge in [0.2, 0.25) is 0 Å². The Morgan fingerprint density at radius 2 is 2.00 bits per heavy atom. The topological polar surface area (TPSA) is 26.0 Å². The highest BCUT2D eigenvalue weighted by molar-refractivity contribution is 6.15. The lowest BCUT2D eigenvalue weighted by molar-refractivity contribution is 0.351. The third-order valence-corrected chi connectivity index (χ3v) is 2.69. The van der Waals surface area contributed by atoms with Crippen molar-refractivity contribution >= 4 is 7.85 Å². The Morgan fingerprint density at radius 1 is 1.27 bits per heavy atom. The molecule has 2 radical (unpaired) electrons. The molecule has 0 heterocycles. The molecule has 2 N–H and O–H groups in total. The Balaban J connectivity index is 2.38. The molecule has 0 spiro atoms. The van der Waals surface area contributed by atoms with Gasteiger partial charge in [0.15, 0.2) is 0 Å². The third-order valence-electron chi connectivity index (χ3n) is 2.69. The van der Waals surface area contributed by atoms with Crippen LogP contribution in [-0.4, -0.2) is 13.3 Å². The van der Waals surface area contributed by atoms with Crippen LogP contribution in [0.25, 0.3) is 0 Å². The van der Waals surface area contributed by atoms with Crippen molar-refractivity contribution in [1.29, 1.82) is 0 Å². The second kappa shape index (κ2) is 3.62. The van der Waals surface area contributed by atoms with Crippen LogP contribution < -0.4 is 5.73 Å². The summed E-state index contributed by atoms with van der Waals surface area (Å²) in [4.78, 5) is 0. The average molecular weight is 151 g/mol. The zero-order chi connectivity index (χ0) is 8.32. The third kappa shape index (κ3) is 3.28. The molecule has 1 fully saturated rings. The van der Waals surface area contributed by atoms with E-state index >= 15 is 0 Å². The van der Waals surface area contributed by atoms with Crippen LogP contribution in [0.3, 0.4) is 0 Å². The van der Waals surface area contributed by atoms with Crippen molar-refractivity contribution < 1.29 is 0 Å². The molecule has 0 aromatic carbocycles. The molecule has 0 aliphatic heterocycles. The van der Waals surface area contributed by atoms with Crippen LogP contribution in [-0.2, 0) is 0 Å². The molecular weight excluding hydrogens is 133 g/mol. The fourth-order valence-corrected chi connectivity index (χ4v) is 1.73. The van der Waals surface area contributed by atoms with Crippen molar-refractivity contribution in [2.24, 2.45) is 11.7 Å². The van der Waals surface area contributed by atoms with Gasteiger partial charge >= 0.3 is 0 Å². The summed E-state index contributed by atoms with van der Waals surface area (Å²) in [6.45, 7) is 2.29. The summed E-state index contributed by atoms with van der Waals surface area (Å²) < 4.78 is 0. The van der Waals surface area contributed by atoms with Crippen molar-refractivity contribution in [1.82, 2.24) is 0 Å². The number of nitrogens with two attached hydrogens (primary N) is 1. The van der Waals surface area contributed by atoms with Gasteiger partial charge in [-0.3, -0.25) is 0 Å². The lowest BCUT2D eigenvalue weighted by Gasteiger charge is -2.29. The SMILES string of the molecule is [B]C1(N)CCCCC(C)CC1. The first-order valence-electron chi connectivity index (χ1n) is 4.68. The molecular formula is C9H18BN. The van der Waals surface area contributed by atoms with E-state index in [0.29, 0.717) is 0 Å². The number of hydrogen-bond donors (Lipinski definition) is 1. The minimum atomic E-state index is -0.366. The summed E-state index contributed by atoms with van der Waals surface area (Å²) in [6, 6.07) is 0. The Hall–Kier alpha value is 0.0249. The second-order valence-corrected chi connectivity index (χ2v) is 4.12. The fraction of sp³-hybridized carbons (Fsp3) is 1.00. The van der Waals surface area contributed by atoms with Gasteiger partial charge in [-0.25, -0.2) is 0 Å². The maximum atomic E-state index is 5.89. The molecule has 0 aromatic heterocycles. The molecule has 0 saturated heterocycles. The molecule has 2 atom stereocenters. The minimum absolute atomic E-state index is 0.366. The van der Waals surface area contributed by atoms with E-state index < -0.39 is 0 Å². The maximum absolute atomic E-state index is 5.89. The molecule has 1 rings (SSSR count). The maximum Gasteiger partial charge on any atom is 0.0950 e. The van der Waals surface area contributed by atoms with Crippen LogP contribution in [0.2, 0.25) is 0 Å². The summed E-state index contributed by atoms with van der Waals surface area (Å²) in [5.74, 6) is 0.821. The van der Waals surface area contributed by atoms with Crippen molar-refractivity contribution in [3.8, 4) is 0 Å². The van der Waals surface area contributed by atoms with E-state index in [4.69, 9.17) is 13.6 Å². The van der Waals surface area contributed by atoms with Crippen LogP contribution in [0.1, 0.15) is 45.4 Å². The largest absolute Gasteiger partial charge is 0.333 e. The molecule has 11 heavy (non-hydrogen) atoms. The van der Waals surface area contributed by atoms with Gasteiger partial charge in [-0.1, -0.05) is 26.2 Å². The molecule has 0 amide bonds. The summed E-state index contributed by atoms with van der Waals surface area (Å²) in [6.07, 6.45) is 7.06. The van der Waals surface area contributed by atoms with Gasteiger partial charge in [-0.2, -0.15) is 0 Å². The van der Waals surface area contributed by atoms with Gasteiger partial charge in [0.25, 0.3) is 0 Å². The van der Waals surface area contributed by atoms with E-state index in [1.54, 1.807) is 0 Å². The lowest BCUT2D eigenvalue weighted by atomic mass is 9.69. The van der Waals surface area contributed by atoms with E-state index in [9.17, 15) is 0 Å². The highest BCUT2D eigenvalue weighted by Crippen LogP contribution is 2.25. The highest BCUT2D eigenvalue weighted by atomic mass is 14.7. The van der Waals surface area contributed by atoms with E-state index in [1.165, 1.54) is 25.7 Å². The van der Waals surface area contributed by atoms with Gasteiger partial charge in [0.05, 0.1) is 7.85 Å². The van der Waals surface area contributed by atoms with Crippen LogP contribution in [0.4, 0.5) is 0 Å². The summed E-state index contributed by atoms with van der Waals surface area (Å²) in [7, 11) is 5.89. The predicted molar refractivity (Wildman–Crippen MR) is 49.5 cm³/mol. The molecule has 1 saturated carbocycles. The average Bonchev–Trinajstić information content (AvgIpc) is 1.92. The summed E-state index contributed by atoms with van der Waals surface area (Å²) in [5, 5.41) is 0. The van der Waals surface area contributed by atoms with Crippen LogP contribution in [0.5, 0.6) is 0 Å². The standard InChI is InChI=1S/C9H18BN/c1-8-4-2-3-6-9(10,11)7-5-8/h8H,2-7,11H2,1H3. The van der Waals surface area contributed by atoms with Gasteiger partial charge in [0, 0.05) is 0 Å². The second-order valence-electron chi connectivity index (χ2n) is 4.12. The number of rotatable bonds is 0. The molecule has 1 aliphatic carbocycles. The first kappa shape index (κ1) is 9.12. The van der Waals surface area contributed by atoms with E-state index in [-0.39, 0.29) is 5.44 Å². The Labute approximate surface area is 71.1 Å². The molecule has 0 bridgehead atoms. The van der Waals surface area contributed by atoms with Crippen LogP contribution in [0, 0.1) is 5.92 Å². The minimum Gasteiger partial charge on any atom is -0.333 e. The van der Waals surface area contributed by atoms with E-state index in [2.05, 4.69) is 6.92 Å². The van der Waals surface area contributed by atoms with Crippen molar-refractivity contribution in [2.75, 3.05) is 0 Å². The zero-order valence-corrected chi connectivity index (χ0v) is 7.47. The first-order valence-corrected chi connectivity index (χ1v) is 4.68. The smallest absolute Gasteiger partial charge is 0.0950 e. The van der Waals surface area contributed by atoms with Gasteiger partial charge in [-0.05, 0) is 30.6 Å². The molecule has 2 heteroatoms. The number of hydrogen-bond acceptors (Lipinski definition) is 1. The van der Waals surface area contributed by atoms with Gasteiger partial charge in [0.1, 0.15) is 0 Å². The predicted octanol–water partition coefficient (Wildman–Crippen LogP) is 1.80. The Kier molecular flexibility index (Phi) is 3.00. The Bertz CT molecular complexity index is 123.